The molecule has 0 saturated carbocycles. The molecule has 0 radical (unpaired) electrons. The fraction of sp³-hybridized carbons (Fsp3) is 0.636. The first-order valence-corrected chi connectivity index (χ1v) is 5.58. The van der Waals surface area contributed by atoms with Crippen LogP contribution >= 0.6 is 0 Å². The van der Waals surface area contributed by atoms with E-state index >= 15 is 0 Å². The Morgan fingerprint density at radius 1 is 1.62 bits per heavy atom. The fourth-order valence-corrected chi connectivity index (χ4v) is 1.51. The Hall–Kier alpha value is -1.36. The van der Waals surface area contributed by atoms with Gasteiger partial charge in [-0.1, -0.05) is 6.92 Å². The topological polar surface area (TPSA) is 64.2 Å². The molecule has 1 unspecified atom stereocenters. The van der Waals surface area contributed by atoms with Crippen LogP contribution in [0.3, 0.4) is 0 Å². The van der Waals surface area contributed by atoms with Gasteiger partial charge in [0, 0.05) is 25.7 Å². The molecule has 0 fully saturated rings. The summed E-state index contributed by atoms with van der Waals surface area (Å²) in [6, 6.07) is 1.54. The maximum absolute atomic E-state index is 11.7. The minimum absolute atomic E-state index is 0.0654. The van der Waals surface area contributed by atoms with Crippen LogP contribution in [0.25, 0.3) is 0 Å². The highest BCUT2D eigenvalue weighted by molar-refractivity contribution is 5.41. The third-order valence-electron chi connectivity index (χ3n) is 2.32. The first-order chi connectivity index (χ1) is 7.54. The van der Waals surface area contributed by atoms with Crippen molar-refractivity contribution in [2.24, 2.45) is 5.73 Å². The van der Waals surface area contributed by atoms with Crippen molar-refractivity contribution in [1.29, 1.82) is 0 Å². The number of hydrogen-bond acceptors (Lipinski definition) is 4. The number of aromatic nitrogens is 2. The summed E-state index contributed by atoms with van der Waals surface area (Å²) < 4.78 is 1.40. The second-order valence-electron chi connectivity index (χ2n) is 4.13. The lowest BCUT2D eigenvalue weighted by molar-refractivity contribution is 0.513. The van der Waals surface area contributed by atoms with E-state index in [2.05, 4.69) is 12.0 Å². The maximum atomic E-state index is 11.7. The van der Waals surface area contributed by atoms with E-state index in [4.69, 9.17) is 5.73 Å². The van der Waals surface area contributed by atoms with Gasteiger partial charge in [-0.25, -0.2) is 4.68 Å². The summed E-state index contributed by atoms with van der Waals surface area (Å²) in [5.41, 5.74) is 6.38. The van der Waals surface area contributed by atoms with Gasteiger partial charge < -0.3 is 10.6 Å². The van der Waals surface area contributed by atoms with Gasteiger partial charge in [0.25, 0.3) is 5.56 Å². The molecule has 0 spiro atoms. The Bertz CT molecular complexity index is 386. The van der Waals surface area contributed by atoms with E-state index in [0.29, 0.717) is 6.54 Å². The SMILES string of the molecule is CCCN(C)c1cnn(CC(C)N)c(=O)c1. The molecule has 0 aliphatic heterocycles. The van der Waals surface area contributed by atoms with Gasteiger partial charge in [-0.15, -0.1) is 0 Å². The van der Waals surface area contributed by atoms with Gasteiger partial charge in [-0.3, -0.25) is 4.79 Å². The largest absolute Gasteiger partial charge is 0.373 e. The van der Waals surface area contributed by atoms with Gasteiger partial charge in [0.2, 0.25) is 0 Å². The van der Waals surface area contributed by atoms with Crippen LogP contribution in [0.2, 0.25) is 0 Å². The monoisotopic (exact) mass is 224 g/mol. The molecule has 1 aromatic rings. The molecule has 2 N–H and O–H groups in total. The quantitative estimate of drug-likeness (QED) is 0.788. The van der Waals surface area contributed by atoms with Crippen molar-refractivity contribution in [3.8, 4) is 0 Å². The number of nitrogens with two attached hydrogens (primary N) is 1. The van der Waals surface area contributed by atoms with Crippen molar-refractivity contribution >= 4 is 5.69 Å². The fourth-order valence-electron chi connectivity index (χ4n) is 1.51. The standard InChI is InChI=1S/C11H20N4O/c1-4-5-14(3)10-6-11(16)15(13-7-10)8-9(2)12/h6-7,9H,4-5,8,12H2,1-3H3. The van der Waals surface area contributed by atoms with Crippen molar-refractivity contribution in [1.82, 2.24) is 9.78 Å². The average molecular weight is 224 g/mol. The molecule has 1 atom stereocenters. The molecule has 0 aliphatic carbocycles. The molecule has 0 amide bonds. The van der Waals surface area contributed by atoms with Crippen molar-refractivity contribution in [2.45, 2.75) is 32.9 Å². The van der Waals surface area contributed by atoms with Gasteiger partial charge in [0.15, 0.2) is 0 Å². The maximum Gasteiger partial charge on any atom is 0.268 e. The minimum Gasteiger partial charge on any atom is -0.373 e. The van der Waals surface area contributed by atoms with Crippen molar-refractivity contribution in [3.63, 3.8) is 0 Å². The molecule has 90 valence electrons. The number of anilines is 1. The lowest BCUT2D eigenvalue weighted by Gasteiger charge is -2.18. The van der Waals surface area contributed by atoms with Crippen LogP contribution < -0.4 is 16.2 Å². The molecule has 5 nitrogen and oxygen atoms in total. The van der Waals surface area contributed by atoms with Gasteiger partial charge in [0.1, 0.15) is 0 Å². The van der Waals surface area contributed by atoms with Crippen LogP contribution in [-0.4, -0.2) is 29.4 Å². The smallest absolute Gasteiger partial charge is 0.268 e. The minimum atomic E-state index is -0.0993. The van der Waals surface area contributed by atoms with E-state index in [1.807, 2.05) is 18.9 Å². The number of nitrogens with zero attached hydrogens (tertiary/aromatic N) is 3. The number of hydrogen-bond donors (Lipinski definition) is 1. The molecular formula is C11H20N4O. The summed E-state index contributed by atoms with van der Waals surface area (Å²) in [4.78, 5) is 13.7. The van der Waals surface area contributed by atoms with E-state index in [-0.39, 0.29) is 11.6 Å². The van der Waals surface area contributed by atoms with Crippen LogP contribution in [0.5, 0.6) is 0 Å². The lowest BCUT2D eigenvalue weighted by Crippen LogP contribution is -2.32. The molecule has 0 aliphatic rings. The second-order valence-corrected chi connectivity index (χ2v) is 4.13. The molecule has 1 heterocycles. The number of rotatable bonds is 5. The Labute approximate surface area is 95.9 Å². The average Bonchev–Trinajstić information content (AvgIpc) is 2.20. The van der Waals surface area contributed by atoms with Crippen LogP contribution in [0.15, 0.2) is 17.1 Å². The van der Waals surface area contributed by atoms with Crippen molar-refractivity contribution in [2.75, 3.05) is 18.5 Å². The van der Waals surface area contributed by atoms with Crippen molar-refractivity contribution in [3.05, 3.63) is 22.6 Å². The van der Waals surface area contributed by atoms with E-state index in [0.717, 1.165) is 18.7 Å². The third kappa shape index (κ3) is 3.34. The first kappa shape index (κ1) is 12.7. The molecule has 0 bridgehead atoms. The highest BCUT2D eigenvalue weighted by Crippen LogP contribution is 2.06. The first-order valence-electron chi connectivity index (χ1n) is 5.58. The predicted octanol–water partition coefficient (Wildman–Crippen LogP) is 0.437. The zero-order valence-electron chi connectivity index (χ0n) is 10.2. The summed E-state index contributed by atoms with van der Waals surface area (Å²) in [6.45, 7) is 5.32. The molecule has 0 saturated heterocycles. The predicted molar refractivity (Wildman–Crippen MR) is 65.7 cm³/mol. The molecular weight excluding hydrogens is 204 g/mol. The third-order valence-corrected chi connectivity index (χ3v) is 2.32. The van der Waals surface area contributed by atoms with Gasteiger partial charge in [0.05, 0.1) is 18.4 Å². The highest BCUT2D eigenvalue weighted by Gasteiger charge is 2.05. The molecule has 16 heavy (non-hydrogen) atoms. The van der Waals surface area contributed by atoms with Crippen LogP contribution in [0.1, 0.15) is 20.3 Å². The Kier molecular flexibility index (Phi) is 4.49. The lowest BCUT2D eigenvalue weighted by atomic mass is 10.3. The van der Waals surface area contributed by atoms with E-state index in [1.165, 1.54) is 4.68 Å². The van der Waals surface area contributed by atoms with Crippen molar-refractivity contribution < 1.29 is 0 Å². The van der Waals surface area contributed by atoms with Crippen LogP contribution in [-0.2, 0) is 6.54 Å². The summed E-state index contributed by atoms with van der Waals surface area (Å²) in [6.07, 6.45) is 2.75. The highest BCUT2D eigenvalue weighted by atomic mass is 16.1. The Morgan fingerprint density at radius 2 is 2.31 bits per heavy atom. The summed E-state index contributed by atoms with van der Waals surface area (Å²) in [7, 11) is 1.95. The molecule has 1 aromatic heterocycles. The summed E-state index contributed by atoms with van der Waals surface area (Å²) in [5.74, 6) is 0. The van der Waals surface area contributed by atoms with Crippen LogP contribution in [0.4, 0.5) is 5.69 Å². The summed E-state index contributed by atoms with van der Waals surface area (Å²) >= 11 is 0. The summed E-state index contributed by atoms with van der Waals surface area (Å²) in [5, 5.41) is 4.10. The van der Waals surface area contributed by atoms with Gasteiger partial charge in [-0.2, -0.15) is 5.10 Å². The zero-order chi connectivity index (χ0) is 12.1. The molecule has 1 rings (SSSR count). The normalized spacial score (nSPS) is 12.5. The Balaban J connectivity index is 2.86. The zero-order valence-corrected chi connectivity index (χ0v) is 10.2. The van der Waals surface area contributed by atoms with Crippen LogP contribution in [0, 0.1) is 0 Å². The Morgan fingerprint density at radius 3 is 2.81 bits per heavy atom. The van der Waals surface area contributed by atoms with E-state index < -0.39 is 0 Å². The van der Waals surface area contributed by atoms with Gasteiger partial charge >= 0.3 is 0 Å². The molecule has 5 heteroatoms. The van der Waals surface area contributed by atoms with E-state index in [9.17, 15) is 4.79 Å². The second kappa shape index (κ2) is 5.65. The molecule has 0 aromatic carbocycles. The van der Waals surface area contributed by atoms with Gasteiger partial charge in [-0.05, 0) is 13.3 Å². The van der Waals surface area contributed by atoms with E-state index in [1.54, 1.807) is 12.3 Å².